The van der Waals surface area contributed by atoms with E-state index in [-0.39, 0.29) is 23.0 Å². The van der Waals surface area contributed by atoms with E-state index in [4.69, 9.17) is 11.6 Å². The van der Waals surface area contributed by atoms with E-state index in [0.29, 0.717) is 16.9 Å². The van der Waals surface area contributed by atoms with E-state index in [1.807, 2.05) is 54.8 Å². The molecule has 0 radical (unpaired) electrons. The number of halogens is 1. The predicted octanol–water partition coefficient (Wildman–Crippen LogP) is 4.64. The van der Waals surface area contributed by atoms with E-state index in [1.54, 1.807) is 23.6 Å². The molecule has 1 fully saturated rings. The lowest BCUT2D eigenvalue weighted by Crippen LogP contribution is -2.44. The zero-order chi connectivity index (χ0) is 25.1. The average Bonchev–Trinajstić information content (AvgIpc) is 3.45. The van der Waals surface area contributed by atoms with Crippen LogP contribution < -0.4 is 21.1 Å². The van der Waals surface area contributed by atoms with Crippen molar-refractivity contribution >= 4 is 40.2 Å². The molecule has 0 unspecified atom stereocenters. The number of hydrogen-bond donors (Lipinski definition) is 2. The van der Waals surface area contributed by atoms with Crippen LogP contribution in [-0.2, 0) is 6.54 Å². The Morgan fingerprint density at radius 1 is 1.14 bits per heavy atom. The molecule has 3 heterocycles. The van der Waals surface area contributed by atoms with E-state index >= 15 is 0 Å². The summed E-state index contributed by atoms with van der Waals surface area (Å²) < 4.78 is 1.37. The molecule has 0 atom stereocenters. The Balaban J connectivity index is 1.35. The third kappa shape index (κ3) is 5.06. The number of aromatic nitrogens is 2. The third-order valence-electron chi connectivity index (χ3n) is 6.42. The summed E-state index contributed by atoms with van der Waals surface area (Å²) in [6.45, 7) is 5.42. The summed E-state index contributed by atoms with van der Waals surface area (Å²) in [6, 6.07) is 15.3. The normalized spacial score (nSPS) is 13.6. The molecule has 0 saturated carbocycles. The molecule has 1 aliphatic heterocycles. The molecule has 1 aliphatic rings. The summed E-state index contributed by atoms with van der Waals surface area (Å²) in [5.41, 5.74) is 5.45. The fourth-order valence-corrected chi connectivity index (χ4v) is 5.24. The number of hydrogen-bond acceptors (Lipinski definition) is 6. The smallest absolute Gasteiger partial charge is 0.287 e. The van der Waals surface area contributed by atoms with Crippen LogP contribution in [0.5, 0.6) is 0 Å². The van der Waals surface area contributed by atoms with Crippen molar-refractivity contribution in [1.29, 1.82) is 0 Å². The Hall–Kier alpha value is -3.46. The van der Waals surface area contributed by atoms with Gasteiger partial charge in [-0.2, -0.15) is 16.4 Å². The Morgan fingerprint density at radius 3 is 2.72 bits per heavy atom. The van der Waals surface area contributed by atoms with Gasteiger partial charge in [-0.3, -0.25) is 9.59 Å². The van der Waals surface area contributed by atoms with Crippen molar-refractivity contribution in [3.63, 3.8) is 0 Å². The number of rotatable bonds is 6. The van der Waals surface area contributed by atoms with Crippen LogP contribution >= 0.6 is 22.9 Å². The highest BCUT2D eigenvalue weighted by Gasteiger charge is 2.18. The lowest BCUT2D eigenvalue weighted by atomic mass is 10.0. The van der Waals surface area contributed by atoms with Crippen LogP contribution in [0.3, 0.4) is 0 Å². The van der Waals surface area contributed by atoms with Crippen molar-refractivity contribution < 1.29 is 4.79 Å². The van der Waals surface area contributed by atoms with E-state index in [2.05, 4.69) is 26.0 Å². The van der Waals surface area contributed by atoms with Crippen molar-refractivity contribution in [2.45, 2.75) is 13.5 Å². The molecular weight excluding hydrogens is 494 g/mol. The highest BCUT2D eigenvalue weighted by Crippen LogP contribution is 2.25. The van der Waals surface area contributed by atoms with Gasteiger partial charge in [-0.25, -0.2) is 4.68 Å². The van der Waals surface area contributed by atoms with Crippen LogP contribution in [0.4, 0.5) is 11.4 Å². The van der Waals surface area contributed by atoms with Gasteiger partial charge in [-0.15, -0.1) is 0 Å². The summed E-state index contributed by atoms with van der Waals surface area (Å²) in [5.74, 6) is -0.189. The van der Waals surface area contributed by atoms with Gasteiger partial charge in [0.25, 0.3) is 11.5 Å². The van der Waals surface area contributed by atoms with Crippen LogP contribution in [0.25, 0.3) is 11.1 Å². The maximum Gasteiger partial charge on any atom is 0.287 e. The lowest BCUT2D eigenvalue weighted by molar-refractivity contribution is 0.102. The number of amides is 1. The van der Waals surface area contributed by atoms with Crippen molar-refractivity contribution in [1.82, 2.24) is 15.1 Å². The second-order valence-corrected chi connectivity index (χ2v) is 9.84. The van der Waals surface area contributed by atoms with E-state index < -0.39 is 0 Å². The number of benzene rings is 2. The van der Waals surface area contributed by atoms with Gasteiger partial charge >= 0.3 is 0 Å². The third-order valence-corrected chi connectivity index (χ3v) is 7.46. The molecular formula is C27H26ClN5O2S. The molecule has 0 spiro atoms. The topological polar surface area (TPSA) is 79.3 Å². The maximum atomic E-state index is 13.0. The molecule has 1 amide bonds. The van der Waals surface area contributed by atoms with E-state index in [1.165, 1.54) is 4.68 Å². The molecule has 2 aromatic carbocycles. The first-order valence-electron chi connectivity index (χ1n) is 11.7. The molecule has 4 aromatic rings. The minimum Gasteiger partial charge on any atom is -0.366 e. The first-order valence-corrected chi connectivity index (χ1v) is 13.1. The Bertz CT molecular complexity index is 1450. The number of piperazine rings is 1. The average molecular weight is 520 g/mol. The SMILES string of the molecule is Cc1c(Cn2ncc(N3CCNCC3)c(Cl)c2=O)cccc1NC(=O)c1cccc(-c2ccsc2)c1. The number of thiophene rings is 1. The van der Waals surface area contributed by atoms with Gasteiger partial charge < -0.3 is 15.5 Å². The predicted molar refractivity (Wildman–Crippen MR) is 147 cm³/mol. The van der Waals surface area contributed by atoms with Crippen LogP contribution in [0.1, 0.15) is 21.5 Å². The first kappa shape index (κ1) is 24.2. The fraction of sp³-hybridized carbons (Fsp3) is 0.222. The number of carbonyl (C=O) groups excluding carboxylic acids is 1. The van der Waals surface area contributed by atoms with Gasteiger partial charge in [0.2, 0.25) is 0 Å². The molecule has 184 valence electrons. The molecule has 2 aromatic heterocycles. The van der Waals surface area contributed by atoms with Gasteiger partial charge in [0.15, 0.2) is 0 Å². The van der Waals surface area contributed by atoms with Crippen molar-refractivity contribution in [3.05, 3.63) is 97.6 Å². The molecule has 9 heteroatoms. The minimum absolute atomic E-state index is 0.180. The van der Waals surface area contributed by atoms with Crippen molar-refractivity contribution in [3.8, 4) is 11.1 Å². The molecule has 2 N–H and O–H groups in total. The first-order chi connectivity index (χ1) is 17.5. The van der Waals surface area contributed by atoms with Crippen LogP contribution in [0, 0.1) is 6.92 Å². The fourth-order valence-electron chi connectivity index (χ4n) is 4.31. The molecule has 1 saturated heterocycles. The van der Waals surface area contributed by atoms with Crippen LogP contribution in [0.15, 0.2) is 70.3 Å². The number of nitrogens with zero attached hydrogens (tertiary/aromatic N) is 3. The molecule has 7 nitrogen and oxygen atoms in total. The van der Waals surface area contributed by atoms with Crippen molar-refractivity contribution in [2.75, 3.05) is 36.4 Å². The second kappa shape index (κ2) is 10.7. The van der Waals surface area contributed by atoms with E-state index in [9.17, 15) is 9.59 Å². The minimum atomic E-state index is -0.327. The van der Waals surface area contributed by atoms with Crippen molar-refractivity contribution in [2.24, 2.45) is 0 Å². The molecule has 5 rings (SSSR count). The van der Waals surface area contributed by atoms with Gasteiger partial charge in [-0.05, 0) is 64.2 Å². The lowest BCUT2D eigenvalue weighted by Gasteiger charge is -2.29. The number of nitrogens with one attached hydrogen (secondary N) is 2. The zero-order valence-electron chi connectivity index (χ0n) is 19.8. The zero-order valence-corrected chi connectivity index (χ0v) is 21.4. The number of anilines is 2. The summed E-state index contributed by atoms with van der Waals surface area (Å²) in [4.78, 5) is 28.1. The Labute approximate surface area is 218 Å². The highest BCUT2D eigenvalue weighted by molar-refractivity contribution is 7.08. The summed E-state index contributed by atoms with van der Waals surface area (Å²) in [6.07, 6.45) is 1.66. The van der Waals surface area contributed by atoms with Gasteiger partial charge in [-0.1, -0.05) is 35.9 Å². The van der Waals surface area contributed by atoms with E-state index in [0.717, 1.165) is 48.4 Å². The summed E-state index contributed by atoms with van der Waals surface area (Å²) in [7, 11) is 0. The largest absolute Gasteiger partial charge is 0.366 e. The summed E-state index contributed by atoms with van der Waals surface area (Å²) >= 11 is 8.09. The maximum absolute atomic E-state index is 13.0. The standard InChI is InChI=1S/C27H26ClN5O2S/c1-18-21(16-33-27(35)25(28)24(15-30-33)32-11-9-29-10-12-32)6-3-7-23(18)31-26(34)20-5-2-4-19(14-20)22-8-13-36-17-22/h2-8,13-15,17,29H,9-12,16H2,1H3,(H,31,34). The van der Waals surface area contributed by atoms with Crippen LogP contribution in [-0.4, -0.2) is 41.9 Å². The van der Waals surface area contributed by atoms with Gasteiger partial charge in [0.05, 0.1) is 18.4 Å². The van der Waals surface area contributed by atoms with Gasteiger partial charge in [0, 0.05) is 37.4 Å². The van der Waals surface area contributed by atoms with Gasteiger partial charge in [0.1, 0.15) is 5.02 Å². The Morgan fingerprint density at radius 2 is 1.94 bits per heavy atom. The highest BCUT2D eigenvalue weighted by atomic mass is 35.5. The number of carbonyl (C=O) groups is 1. The molecule has 36 heavy (non-hydrogen) atoms. The second-order valence-electron chi connectivity index (χ2n) is 8.68. The monoisotopic (exact) mass is 519 g/mol. The Kier molecular flexibility index (Phi) is 7.18. The van der Waals surface area contributed by atoms with Crippen LogP contribution in [0.2, 0.25) is 5.02 Å². The quantitative estimate of drug-likeness (QED) is 0.388. The molecule has 0 aliphatic carbocycles. The summed E-state index contributed by atoms with van der Waals surface area (Å²) in [5, 5.41) is 15.0. The molecule has 0 bridgehead atoms.